The zero-order valence-electron chi connectivity index (χ0n) is 11.5. The van der Waals surface area contributed by atoms with Gasteiger partial charge in [0.2, 0.25) is 5.91 Å². The highest BCUT2D eigenvalue weighted by Gasteiger charge is 2.43. The van der Waals surface area contributed by atoms with E-state index in [-0.39, 0.29) is 23.4 Å². The molecule has 0 unspecified atom stereocenters. The molecule has 5 nitrogen and oxygen atoms in total. The number of amides is 1. The van der Waals surface area contributed by atoms with Crippen LogP contribution in [0.1, 0.15) is 17.9 Å². The van der Waals surface area contributed by atoms with E-state index in [4.69, 9.17) is 0 Å². The molecule has 6 heteroatoms. The first-order valence-corrected chi connectivity index (χ1v) is 7.65. The highest BCUT2D eigenvalue weighted by Crippen LogP contribution is 2.48. The van der Waals surface area contributed by atoms with Gasteiger partial charge in [0.15, 0.2) is 0 Å². The fraction of sp³-hybridized carbons (Fsp3) is 0.188. The van der Waals surface area contributed by atoms with Crippen LogP contribution in [0.4, 0.5) is 11.4 Å². The number of carbonyl (C=O) groups excluding carboxylic acids is 1. The number of anilines is 1. The lowest BCUT2D eigenvalue weighted by Crippen LogP contribution is -2.15. The molecule has 1 saturated carbocycles. The smallest absolute Gasteiger partial charge is 0.270 e. The second-order valence-electron chi connectivity index (χ2n) is 5.27. The van der Waals surface area contributed by atoms with E-state index in [1.54, 1.807) is 6.07 Å². The Kier molecular flexibility index (Phi) is 3.94. The summed E-state index contributed by atoms with van der Waals surface area (Å²) in [5.74, 6) is 0.172. The van der Waals surface area contributed by atoms with Crippen LogP contribution in [-0.2, 0) is 4.79 Å². The number of rotatable bonds is 4. The van der Waals surface area contributed by atoms with Gasteiger partial charge in [-0.05, 0) is 39.9 Å². The van der Waals surface area contributed by atoms with Crippen LogP contribution in [0.5, 0.6) is 0 Å². The third kappa shape index (κ3) is 3.01. The van der Waals surface area contributed by atoms with Crippen molar-refractivity contribution in [3.63, 3.8) is 0 Å². The summed E-state index contributed by atoms with van der Waals surface area (Å²) in [6.07, 6.45) is 0.834. The molecule has 2 aromatic carbocycles. The number of nitro benzene ring substituents is 1. The molecule has 1 aliphatic rings. The largest absolute Gasteiger partial charge is 0.325 e. The van der Waals surface area contributed by atoms with Gasteiger partial charge in [-0.25, -0.2) is 0 Å². The average molecular weight is 361 g/mol. The summed E-state index contributed by atoms with van der Waals surface area (Å²) >= 11 is 3.25. The van der Waals surface area contributed by atoms with Gasteiger partial charge in [0.25, 0.3) is 5.69 Å². The minimum absolute atomic E-state index is 0.0153. The number of nitro groups is 1. The van der Waals surface area contributed by atoms with Crippen molar-refractivity contribution in [2.75, 3.05) is 5.32 Å². The van der Waals surface area contributed by atoms with Crippen molar-refractivity contribution in [2.45, 2.75) is 12.3 Å². The van der Waals surface area contributed by atoms with E-state index in [0.29, 0.717) is 10.2 Å². The fourth-order valence-electron chi connectivity index (χ4n) is 2.50. The molecule has 3 rings (SSSR count). The maximum Gasteiger partial charge on any atom is 0.270 e. The summed E-state index contributed by atoms with van der Waals surface area (Å²) in [5, 5.41) is 13.5. The van der Waals surface area contributed by atoms with Crippen LogP contribution in [0.15, 0.2) is 53.0 Å². The van der Waals surface area contributed by atoms with Crippen LogP contribution < -0.4 is 5.32 Å². The number of hydrogen-bond donors (Lipinski definition) is 1. The van der Waals surface area contributed by atoms with Crippen LogP contribution in [-0.4, -0.2) is 10.8 Å². The first-order valence-electron chi connectivity index (χ1n) is 6.86. The van der Waals surface area contributed by atoms with Crippen molar-refractivity contribution in [3.05, 3.63) is 68.7 Å². The Hall–Kier alpha value is -2.21. The summed E-state index contributed by atoms with van der Waals surface area (Å²) in [6, 6.07) is 14.2. The Morgan fingerprint density at radius 2 is 1.95 bits per heavy atom. The van der Waals surface area contributed by atoms with Crippen LogP contribution >= 0.6 is 15.9 Å². The van der Waals surface area contributed by atoms with E-state index in [0.717, 1.165) is 6.42 Å². The van der Waals surface area contributed by atoms with E-state index in [1.165, 1.54) is 17.7 Å². The van der Waals surface area contributed by atoms with Gasteiger partial charge in [-0.3, -0.25) is 14.9 Å². The molecule has 0 heterocycles. The summed E-state index contributed by atoms with van der Waals surface area (Å²) in [7, 11) is 0. The topological polar surface area (TPSA) is 72.2 Å². The Morgan fingerprint density at radius 1 is 1.23 bits per heavy atom. The lowest BCUT2D eigenvalue weighted by atomic mass is 10.1. The van der Waals surface area contributed by atoms with E-state index >= 15 is 0 Å². The molecule has 2 atom stereocenters. The van der Waals surface area contributed by atoms with E-state index in [2.05, 4.69) is 21.2 Å². The maximum absolute atomic E-state index is 12.3. The van der Waals surface area contributed by atoms with Gasteiger partial charge < -0.3 is 5.32 Å². The lowest BCUT2D eigenvalue weighted by Gasteiger charge is -2.07. The number of carbonyl (C=O) groups is 1. The maximum atomic E-state index is 12.3. The molecular formula is C16H13BrN2O3. The number of halogens is 1. The van der Waals surface area contributed by atoms with Gasteiger partial charge in [0.05, 0.1) is 10.6 Å². The predicted octanol–water partition coefficient (Wildman–Crippen LogP) is 4.10. The van der Waals surface area contributed by atoms with Crippen molar-refractivity contribution in [3.8, 4) is 0 Å². The van der Waals surface area contributed by atoms with Crippen molar-refractivity contribution < 1.29 is 9.72 Å². The van der Waals surface area contributed by atoms with Crippen molar-refractivity contribution >= 4 is 33.2 Å². The molecule has 0 saturated heterocycles. The summed E-state index contributed by atoms with van der Waals surface area (Å²) in [6.45, 7) is 0. The van der Waals surface area contributed by atoms with E-state index in [1.807, 2.05) is 30.3 Å². The number of nitrogens with zero attached hydrogens (tertiary/aromatic N) is 1. The normalized spacial score (nSPS) is 19.5. The summed E-state index contributed by atoms with van der Waals surface area (Å²) in [5.41, 5.74) is 1.71. The third-order valence-corrected chi connectivity index (χ3v) is 4.43. The minimum Gasteiger partial charge on any atom is -0.325 e. The molecule has 112 valence electrons. The monoisotopic (exact) mass is 360 g/mol. The quantitative estimate of drug-likeness (QED) is 0.658. The van der Waals surface area contributed by atoms with E-state index in [9.17, 15) is 14.9 Å². The molecule has 1 N–H and O–H groups in total. The summed E-state index contributed by atoms with van der Waals surface area (Å²) < 4.78 is 0.506. The Morgan fingerprint density at radius 3 is 2.59 bits per heavy atom. The fourth-order valence-corrected chi connectivity index (χ4v) is 2.96. The lowest BCUT2D eigenvalue weighted by molar-refractivity contribution is -0.384. The average Bonchev–Trinajstić information content (AvgIpc) is 3.30. The van der Waals surface area contributed by atoms with Crippen molar-refractivity contribution in [1.82, 2.24) is 0 Å². The minimum atomic E-state index is -0.470. The van der Waals surface area contributed by atoms with Gasteiger partial charge in [-0.1, -0.05) is 30.3 Å². The molecule has 0 bridgehead atoms. The van der Waals surface area contributed by atoms with E-state index < -0.39 is 4.92 Å². The Labute approximate surface area is 135 Å². The van der Waals surface area contributed by atoms with Crippen LogP contribution in [0.3, 0.4) is 0 Å². The molecule has 22 heavy (non-hydrogen) atoms. The van der Waals surface area contributed by atoms with Gasteiger partial charge in [-0.2, -0.15) is 0 Å². The van der Waals surface area contributed by atoms with Gasteiger partial charge >= 0.3 is 0 Å². The summed E-state index contributed by atoms with van der Waals surface area (Å²) in [4.78, 5) is 22.5. The molecule has 0 spiro atoms. The SMILES string of the molecule is O=C(Nc1ccc([N+](=O)[O-])cc1Br)[C@H]1C[C@H]1c1ccccc1. The van der Waals surface area contributed by atoms with Crippen molar-refractivity contribution in [1.29, 1.82) is 0 Å². The highest BCUT2D eigenvalue weighted by atomic mass is 79.9. The van der Waals surface area contributed by atoms with Crippen LogP contribution in [0.2, 0.25) is 0 Å². The number of benzene rings is 2. The second-order valence-corrected chi connectivity index (χ2v) is 6.12. The molecular weight excluding hydrogens is 348 g/mol. The first kappa shape index (κ1) is 14.7. The van der Waals surface area contributed by atoms with Gasteiger partial charge in [0, 0.05) is 22.5 Å². The standard InChI is InChI=1S/C16H13BrN2O3/c17-14-8-11(19(21)22)6-7-15(14)18-16(20)13-9-12(13)10-4-2-1-3-5-10/h1-8,12-13H,9H2,(H,18,20)/t12-,13-/m0/s1. The molecule has 0 aromatic heterocycles. The number of non-ortho nitro benzene ring substituents is 1. The van der Waals surface area contributed by atoms with Gasteiger partial charge in [0.1, 0.15) is 0 Å². The highest BCUT2D eigenvalue weighted by molar-refractivity contribution is 9.10. The number of hydrogen-bond acceptors (Lipinski definition) is 3. The molecule has 2 aromatic rings. The second kappa shape index (κ2) is 5.88. The molecule has 0 radical (unpaired) electrons. The first-order chi connectivity index (χ1) is 10.6. The van der Waals surface area contributed by atoms with Crippen LogP contribution in [0, 0.1) is 16.0 Å². The third-order valence-electron chi connectivity index (χ3n) is 3.78. The van der Waals surface area contributed by atoms with Crippen molar-refractivity contribution in [2.24, 2.45) is 5.92 Å². The Balaban J connectivity index is 1.67. The number of nitrogens with one attached hydrogen (secondary N) is 1. The zero-order valence-corrected chi connectivity index (χ0v) is 13.1. The molecule has 1 amide bonds. The molecule has 1 fully saturated rings. The zero-order chi connectivity index (χ0) is 15.7. The molecule has 1 aliphatic carbocycles. The van der Waals surface area contributed by atoms with Crippen LogP contribution in [0.25, 0.3) is 0 Å². The molecule has 0 aliphatic heterocycles. The Bertz CT molecular complexity index is 733. The predicted molar refractivity (Wildman–Crippen MR) is 86.7 cm³/mol. The van der Waals surface area contributed by atoms with Gasteiger partial charge in [-0.15, -0.1) is 0 Å².